The monoisotopic (exact) mass is 545 g/mol. The van der Waals surface area contributed by atoms with Crippen LogP contribution in [0, 0.1) is 6.92 Å². The van der Waals surface area contributed by atoms with Gasteiger partial charge in [0.05, 0.1) is 10.6 Å². The van der Waals surface area contributed by atoms with Crippen LogP contribution in [0.1, 0.15) is 12.6 Å². The molecule has 0 atom stereocenters. The van der Waals surface area contributed by atoms with Gasteiger partial charge >= 0.3 is 0 Å². The van der Waals surface area contributed by atoms with E-state index in [1.807, 2.05) is 23.6 Å². The summed E-state index contributed by atoms with van der Waals surface area (Å²) >= 11 is 1.27. The van der Waals surface area contributed by atoms with Gasteiger partial charge in [-0.25, -0.2) is 23.1 Å². The summed E-state index contributed by atoms with van der Waals surface area (Å²) in [7, 11) is -3.86. The molecule has 0 fully saturated rings. The molecule has 0 unspecified atom stereocenters. The Bertz CT molecular complexity index is 1430. The molecule has 0 aliphatic rings. The molecule has 0 spiro atoms. The van der Waals surface area contributed by atoms with Gasteiger partial charge in [-0.1, -0.05) is 11.8 Å². The standard InChI is InChI=1S/C22H22N8O3S2.ClH/c1-3-30-20(16-9-11-23-12-10-16)27-28-22(30)34-14-19(31)26-17-4-6-18(7-5-17)35(32,33)29-21-24-13-8-15(2)25-21;/h4-13H,3,14H2,1-2H3,(H,26,31)(H,24,25,29);1H/p-1. The average molecular weight is 546 g/mol. The third kappa shape index (κ3) is 6.56. The number of nitrogens with one attached hydrogen (secondary N) is 2. The lowest BCUT2D eigenvalue weighted by Gasteiger charge is -2.09. The lowest BCUT2D eigenvalue weighted by molar-refractivity contribution is -0.113. The lowest BCUT2D eigenvalue weighted by Crippen LogP contribution is -3.00. The fourth-order valence-corrected chi connectivity index (χ4v) is 4.87. The highest BCUT2D eigenvalue weighted by Gasteiger charge is 2.17. The van der Waals surface area contributed by atoms with Crippen LogP contribution in [0.4, 0.5) is 11.6 Å². The van der Waals surface area contributed by atoms with Gasteiger partial charge < -0.3 is 22.3 Å². The van der Waals surface area contributed by atoms with Crippen LogP contribution in [0.5, 0.6) is 0 Å². The number of amides is 1. The zero-order valence-corrected chi connectivity index (χ0v) is 21.7. The normalized spacial score (nSPS) is 10.9. The number of aromatic nitrogens is 6. The van der Waals surface area contributed by atoms with Crippen molar-refractivity contribution >= 4 is 39.3 Å². The number of thioether (sulfide) groups is 1. The number of pyridine rings is 1. The first-order chi connectivity index (χ1) is 16.9. The number of carbonyl (C=O) groups is 1. The number of halogens is 1. The number of sulfonamides is 1. The third-order valence-corrected chi connectivity index (χ3v) is 7.08. The number of hydrogen-bond acceptors (Lipinski definition) is 9. The van der Waals surface area contributed by atoms with Crippen molar-refractivity contribution in [2.24, 2.45) is 0 Å². The summed E-state index contributed by atoms with van der Waals surface area (Å²) < 4.78 is 29.4. The van der Waals surface area contributed by atoms with Gasteiger partial charge in [-0.15, -0.1) is 10.2 Å². The topological polar surface area (TPSA) is 145 Å². The van der Waals surface area contributed by atoms with E-state index in [2.05, 4.69) is 35.2 Å². The van der Waals surface area contributed by atoms with Crippen molar-refractivity contribution in [3.63, 3.8) is 0 Å². The summed E-state index contributed by atoms with van der Waals surface area (Å²) in [6, 6.07) is 11.2. The fraction of sp³-hybridized carbons (Fsp3) is 0.182. The number of carbonyl (C=O) groups excluding carboxylic acids is 1. The molecular weight excluding hydrogens is 524 g/mol. The Morgan fingerprint density at radius 3 is 2.42 bits per heavy atom. The van der Waals surface area contributed by atoms with Crippen LogP contribution >= 0.6 is 11.8 Å². The van der Waals surface area contributed by atoms with Crippen LogP contribution in [0.15, 0.2) is 71.1 Å². The van der Waals surface area contributed by atoms with E-state index >= 15 is 0 Å². The highest BCUT2D eigenvalue weighted by Crippen LogP contribution is 2.24. The molecule has 4 rings (SSSR count). The van der Waals surface area contributed by atoms with Crippen molar-refractivity contribution in [3.8, 4) is 11.4 Å². The molecule has 0 radical (unpaired) electrons. The summed E-state index contributed by atoms with van der Waals surface area (Å²) in [4.78, 5) is 24.5. The van der Waals surface area contributed by atoms with Gasteiger partial charge in [-0.3, -0.25) is 9.78 Å². The Morgan fingerprint density at radius 1 is 1.03 bits per heavy atom. The van der Waals surface area contributed by atoms with Crippen molar-refractivity contribution in [1.82, 2.24) is 29.7 Å². The van der Waals surface area contributed by atoms with E-state index < -0.39 is 10.0 Å². The zero-order valence-electron chi connectivity index (χ0n) is 19.3. The third-order valence-electron chi connectivity index (χ3n) is 4.77. The highest BCUT2D eigenvalue weighted by molar-refractivity contribution is 7.99. The second kappa shape index (κ2) is 11.9. The Labute approximate surface area is 218 Å². The molecule has 188 valence electrons. The molecular formula is C22H22ClN8O3S2-. The number of hydrogen-bond donors (Lipinski definition) is 2. The van der Waals surface area contributed by atoms with E-state index in [4.69, 9.17) is 0 Å². The smallest absolute Gasteiger partial charge is 0.264 e. The molecule has 0 bridgehead atoms. The molecule has 4 aromatic rings. The summed E-state index contributed by atoms with van der Waals surface area (Å²) in [5, 5.41) is 11.8. The molecule has 0 aliphatic heterocycles. The predicted molar refractivity (Wildman–Crippen MR) is 132 cm³/mol. The van der Waals surface area contributed by atoms with Crippen molar-refractivity contribution in [2.75, 3.05) is 15.8 Å². The van der Waals surface area contributed by atoms with Crippen LogP contribution < -0.4 is 22.4 Å². The van der Waals surface area contributed by atoms with E-state index in [1.54, 1.807) is 25.4 Å². The van der Waals surface area contributed by atoms with Crippen LogP contribution in [0.25, 0.3) is 11.4 Å². The Kier molecular flexibility index (Phi) is 8.96. The van der Waals surface area contributed by atoms with Crippen LogP contribution in [0.3, 0.4) is 0 Å². The van der Waals surface area contributed by atoms with E-state index in [0.29, 0.717) is 28.9 Å². The van der Waals surface area contributed by atoms with Crippen molar-refractivity contribution in [3.05, 3.63) is 66.7 Å². The summed E-state index contributed by atoms with van der Waals surface area (Å²) in [5.41, 5.74) is 2.00. The number of benzene rings is 1. The molecule has 2 N–H and O–H groups in total. The molecule has 1 aromatic carbocycles. The number of anilines is 2. The minimum atomic E-state index is -3.86. The van der Waals surface area contributed by atoms with Gasteiger partial charge in [0.25, 0.3) is 10.0 Å². The molecule has 14 heteroatoms. The van der Waals surface area contributed by atoms with Crippen LogP contribution in [0.2, 0.25) is 0 Å². The largest absolute Gasteiger partial charge is 1.00 e. The van der Waals surface area contributed by atoms with E-state index in [1.165, 1.54) is 42.2 Å². The minimum Gasteiger partial charge on any atom is -1.00 e. The van der Waals surface area contributed by atoms with Crippen LogP contribution in [-0.4, -0.2) is 49.8 Å². The summed E-state index contributed by atoms with van der Waals surface area (Å²) in [5.74, 6) is 0.555. The first-order valence-corrected chi connectivity index (χ1v) is 13.0. The second-order valence-electron chi connectivity index (χ2n) is 7.27. The average Bonchev–Trinajstić information content (AvgIpc) is 3.26. The number of rotatable bonds is 9. The van der Waals surface area contributed by atoms with E-state index in [-0.39, 0.29) is 34.9 Å². The highest BCUT2D eigenvalue weighted by atomic mass is 35.5. The molecule has 0 aliphatic carbocycles. The first-order valence-electron chi connectivity index (χ1n) is 10.5. The zero-order chi connectivity index (χ0) is 24.8. The quantitative estimate of drug-likeness (QED) is 0.277. The number of nitrogens with zero attached hydrogens (tertiary/aromatic N) is 6. The maximum atomic E-state index is 12.6. The number of aryl methyl sites for hydroxylation is 1. The maximum absolute atomic E-state index is 12.6. The van der Waals surface area contributed by atoms with Crippen LogP contribution in [-0.2, 0) is 21.4 Å². The Hall–Kier alpha value is -3.55. The fourth-order valence-electron chi connectivity index (χ4n) is 3.12. The summed E-state index contributed by atoms with van der Waals surface area (Å²) in [6.07, 6.45) is 4.85. The molecule has 1 amide bonds. The second-order valence-corrected chi connectivity index (χ2v) is 9.90. The van der Waals surface area contributed by atoms with Gasteiger partial charge in [-0.2, -0.15) is 0 Å². The predicted octanol–water partition coefficient (Wildman–Crippen LogP) is -0.00598. The molecule has 36 heavy (non-hydrogen) atoms. The maximum Gasteiger partial charge on any atom is 0.264 e. The van der Waals surface area contributed by atoms with Gasteiger partial charge in [0.2, 0.25) is 11.9 Å². The van der Waals surface area contributed by atoms with Crippen molar-refractivity contribution < 1.29 is 25.6 Å². The van der Waals surface area contributed by atoms with Gasteiger partial charge in [0.15, 0.2) is 11.0 Å². The molecule has 0 saturated heterocycles. The Morgan fingerprint density at radius 2 is 1.75 bits per heavy atom. The first kappa shape index (κ1) is 27.0. The molecule has 3 aromatic heterocycles. The SMILES string of the molecule is CCn1c(SCC(=O)Nc2ccc(S(=O)(=O)Nc3nccc(C)n3)cc2)nnc1-c1ccncc1.[Cl-]. The lowest BCUT2D eigenvalue weighted by atomic mass is 10.2. The molecule has 3 heterocycles. The Balaban J connectivity index is 0.00000361. The minimum absolute atomic E-state index is 0. The van der Waals surface area contributed by atoms with Crippen molar-refractivity contribution in [1.29, 1.82) is 0 Å². The molecule has 0 saturated carbocycles. The van der Waals surface area contributed by atoms with Gasteiger partial charge in [0, 0.05) is 42.1 Å². The van der Waals surface area contributed by atoms with Gasteiger partial charge in [0.1, 0.15) is 0 Å². The van der Waals surface area contributed by atoms with Gasteiger partial charge in [-0.05, 0) is 56.3 Å². The summed E-state index contributed by atoms with van der Waals surface area (Å²) in [6.45, 7) is 4.36. The van der Waals surface area contributed by atoms with Crippen molar-refractivity contribution in [2.45, 2.75) is 30.4 Å². The van der Waals surface area contributed by atoms with E-state index in [0.717, 1.165) is 5.56 Å². The molecule has 11 nitrogen and oxygen atoms in total. The van der Waals surface area contributed by atoms with E-state index in [9.17, 15) is 13.2 Å².